The van der Waals surface area contributed by atoms with Crippen LogP contribution in [0.4, 0.5) is 13.2 Å². The van der Waals surface area contributed by atoms with Crippen molar-refractivity contribution < 1.29 is 18.0 Å². The summed E-state index contributed by atoms with van der Waals surface area (Å²) in [6.45, 7) is 2.23. The van der Waals surface area contributed by atoms with Gasteiger partial charge in [-0.25, -0.2) is 0 Å². The first kappa shape index (κ1) is 12.5. The molecule has 0 saturated heterocycles. The Kier molecular flexibility index (Phi) is 3.02. The summed E-state index contributed by atoms with van der Waals surface area (Å²) in [5, 5.41) is 3.15. The third-order valence-corrected chi connectivity index (χ3v) is 2.53. The number of halogens is 3. The summed E-state index contributed by atoms with van der Waals surface area (Å²) in [4.78, 5) is 14.2. The quantitative estimate of drug-likeness (QED) is 0.852. The van der Waals surface area contributed by atoms with Crippen LogP contribution in [0.2, 0.25) is 0 Å². The van der Waals surface area contributed by atoms with Gasteiger partial charge in [0.25, 0.3) is 5.91 Å². The Morgan fingerprint density at radius 1 is 1.33 bits per heavy atom. The summed E-state index contributed by atoms with van der Waals surface area (Å²) in [6.07, 6.45) is -4.38. The standard InChI is InChI=1S/C12H11F3N2O/c1-2-16-11(18)10-5-7-3-4-8(12(13,14)15)6-9(7)17-10/h3-6,17H,2H2,1H3,(H,16,18). The number of amides is 1. The van der Waals surface area contributed by atoms with E-state index in [2.05, 4.69) is 10.3 Å². The topological polar surface area (TPSA) is 44.9 Å². The van der Waals surface area contributed by atoms with Crippen LogP contribution in [0.5, 0.6) is 0 Å². The van der Waals surface area contributed by atoms with Crippen molar-refractivity contribution in [3.63, 3.8) is 0 Å². The van der Waals surface area contributed by atoms with Crippen LogP contribution in [-0.2, 0) is 6.18 Å². The van der Waals surface area contributed by atoms with Crippen LogP contribution in [-0.4, -0.2) is 17.4 Å². The Hall–Kier alpha value is -1.98. The Bertz CT molecular complexity index is 587. The lowest BCUT2D eigenvalue weighted by Gasteiger charge is -2.05. The molecule has 96 valence electrons. The second-order valence-electron chi connectivity index (χ2n) is 3.84. The first-order valence-electron chi connectivity index (χ1n) is 5.40. The van der Waals surface area contributed by atoms with Gasteiger partial charge >= 0.3 is 6.18 Å². The molecule has 6 heteroatoms. The molecule has 2 N–H and O–H groups in total. The highest BCUT2D eigenvalue weighted by molar-refractivity contribution is 5.98. The molecule has 1 aromatic carbocycles. The zero-order chi connectivity index (χ0) is 13.3. The number of hydrogen-bond donors (Lipinski definition) is 2. The molecular weight excluding hydrogens is 245 g/mol. The first-order chi connectivity index (χ1) is 8.41. The molecule has 2 rings (SSSR count). The minimum atomic E-state index is -4.38. The zero-order valence-electron chi connectivity index (χ0n) is 9.56. The van der Waals surface area contributed by atoms with Gasteiger partial charge in [0, 0.05) is 17.4 Å². The van der Waals surface area contributed by atoms with Gasteiger partial charge in [-0.3, -0.25) is 4.79 Å². The highest BCUT2D eigenvalue weighted by atomic mass is 19.4. The maximum Gasteiger partial charge on any atom is 0.416 e. The van der Waals surface area contributed by atoms with Crippen molar-refractivity contribution in [2.24, 2.45) is 0 Å². The molecule has 0 atom stereocenters. The molecule has 0 bridgehead atoms. The third kappa shape index (κ3) is 2.32. The summed E-state index contributed by atoms with van der Waals surface area (Å²) in [5.41, 5.74) is -0.184. The average Bonchev–Trinajstić information content (AvgIpc) is 2.70. The van der Waals surface area contributed by atoms with Crippen LogP contribution in [0.1, 0.15) is 23.0 Å². The smallest absolute Gasteiger partial charge is 0.351 e. The van der Waals surface area contributed by atoms with Gasteiger partial charge < -0.3 is 10.3 Å². The van der Waals surface area contributed by atoms with Crippen molar-refractivity contribution >= 4 is 16.8 Å². The fraction of sp³-hybridized carbons (Fsp3) is 0.250. The monoisotopic (exact) mass is 256 g/mol. The summed E-state index contributed by atoms with van der Waals surface area (Å²) in [7, 11) is 0. The van der Waals surface area contributed by atoms with Crippen molar-refractivity contribution in [1.82, 2.24) is 10.3 Å². The van der Waals surface area contributed by atoms with Gasteiger partial charge in [0.1, 0.15) is 5.69 Å². The van der Waals surface area contributed by atoms with E-state index in [-0.39, 0.29) is 11.6 Å². The lowest BCUT2D eigenvalue weighted by molar-refractivity contribution is -0.137. The van der Waals surface area contributed by atoms with Crippen molar-refractivity contribution in [3.05, 3.63) is 35.5 Å². The SMILES string of the molecule is CCNC(=O)c1cc2ccc(C(F)(F)F)cc2[nH]1. The summed E-state index contributed by atoms with van der Waals surface area (Å²) in [6, 6.07) is 4.87. The number of benzene rings is 1. The molecule has 0 spiro atoms. The van der Waals surface area contributed by atoms with E-state index in [1.165, 1.54) is 12.1 Å². The Morgan fingerprint density at radius 2 is 2.06 bits per heavy atom. The molecule has 3 nitrogen and oxygen atoms in total. The van der Waals surface area contributed by atoms with Gasteiger partial charge in [-0.1, -0.05) is 6.07 Å². The predicted octanol–water partition coefficient (Wildman–Crippen LogP) is 2.94. The molecule has 2 aromatic rings. The van der Waals surface area contributed by atoms with Crippen LogP contribution >= 0.6 is 0 Å². The van der Waals surface area contributed by atoms with Crippen LogP contribution in [0, 0.1) is 0 Å². The number of aromatic nitrogens is 1. The second kappa shape index (κ2) is 4.36. The lowest BCUT2D eigenvalue weighted by atomic mass is 10.1. The average molecular weight is 256 g/mol. The van der Waals surface area contributed by atoms with Crippen molar-refractivity contribution in [2.45, 2.75) is 13.1 Å². The molecule has 0 saturated carbocycles. The van der Waals surface area contributed by atoms with E-state index < -0.39 is 11.7 Å². The second-order valence-corrected chi connectivity index (χ2v) is 3.84. The zero-order valence-corrected chi connectivity index (χ0v) is 9.56. The minimum absolute atomic E-state index is 0.256. The van der Waals surface area contributed by atoms with Crippen molar-refractivity contribution in [1.29, 1.82) is 0 Å². The van der Waals surface area contributed by atoms with Gasteiger partial charge in [0.05, 0.1) is 5.56 Å². The number of fused-ring (bicyclic) bond motifs is 1. The molecule has 18 heavy (non-hydrogen) atoms. The molecule has 0 unspecified atom stereocenters. The van der Waals surface area contributed by atoms with E-state index in [9.17, 15) is 18.0 Å². The van der Waals surface area contributed by atoms with Crippen LogP contribution in [0.25, 0.3) is 10.9 Å². The normalized spacial score (nSPS) is 11.8. The first-order valence-corrected chi connectivity index (χ1v) is 5.40. The predicted molar refractivity (Wildman–Crippen MR) is 61.3 cm³/mol. The van der Waals surface area contributed by atoms with Gasteiger partial charge in [-0.05, 0) is 25.1 Å². The summed E-state index contributed by atoms with van der Waals surface area (Å²) in [5.74, 6) is -0.331. The Balaban J connectivity index is 2.43. The number of carbonyl (C=O) groups is 1. The van der Waals surface area contributed by atoms with Gasteiger partial charge in [0.2, 0.25) is 0 Å². The summed E-state index contributed by atoms with van der Waals surface area (Å²) >= 11 is 0. The Morgan fingerprint density at radius 3 is 2.67 bits per heavy atom. The molecule has 0 aliphatic heterocycles. The molecule has 0 aliphatic rings. The fourth-order valence-corrected chi connectivity index (χ4v) is 1.68. The summed E-state index contributed by atoms with van der Waals surface area (Å²) < 4.78 is 37.5. The van der Waals surface area contributed by atoms with E-state index in [1.54, 1.807) is 6.92 Å². The van der Waals surface area contributed by atoms with E-state index in [1.807, 2.05) is 0 Å². The molecule has 0 fully saturated rings. The van der Waals surface area contributed by atoms with E-state index in [4.69, 9.17) is 0 Å². The van der Waals surface area contributed by atoms with Gasteiger partial charge in [0.15, 0.2) is 0 Å². The Labute approximate surface area is 101 Å². The van der Waals surface area contributed by atoms with E-state index in [0.717, 1.165) is 12.1 Å². The number of aromatic amines is 1. The van der Waals surface area contributed by atoms with Crippen LogP contribution in [0.3, 0.4) is 0 Å². The fourth-order valence-electron chi connectivity index (χ4n) is 1.68. The lowest BCUT2D eigenvalue weighted by Crippen LogP contribution is -2.22. The number of nitrogens with one attached hydrogen (secondary N) is 2. The van der Waals surface area contributed by atoms with Crippen LogP contribution < -0.4 is 5.32 Å². The molecule has 0 aliphatic carbocycles. The van der Waals surface area contributed by atoms with Crippen molar-refractivity contribution in [3.8, 4) is 0 Å². The largest absolute Gasteiger partial charge is 0.416 e. The number of alkyl halides is 3. The van der Waals surface area contributed by atoms with E-state index >= 15 is 0 Å². The molecule has 0 radical (unpaired) electrons. The van der Waals surface area contributed by atoms with Gasteiger partial charge in [-0.15, -0.1) is 0 Å². The molecule has 1 aromatic heterocycles. The number of carbonyl (C=O) groups excluding carboxylic acids is 1. The molecule has 1 heterocycles. The molecular formula is C12H11F3N2O. The van der Waals surface area contributed by atoms with E-state index in [0.29, 0.717) is 17.4 Å². The van der Waals surface area contributed by atoms with Gasteiger partial charge in [-0.2, -0.15) is 13.2 Å². The number of rotatable bonds is 2. The maximum atomic E-state index is 12.5. The highest BCUT2D eigenvalue weighted by Crippen LogP contribution is 2.31. The van der Waals surface area contributed by atoms with Crippen LogP contribution in [0.15, 0.2) is 24.3 Å². The number of hydrogen-bond acceptors (Lipinski definition) is 1. The minimum Gasteiger partial charge on any atom is -0.351 e. The maximum absolute atomic E-state index is 12.5. The highest BCUT2D eigenvalue weighted by Gasteiger charge is 2.30. The van der Waals surface area contributed by atoms with Crippen molar-refractivity contribution in [2.75, 3.05) is 6.54 Å². The molecule has 1 amide bonds. The third-order valence-electron chi connectivity index (χ3n) is 2.53. The number of H-pyrrole nitrogens is 1.